The van der Waals surface area contributed by atoms with Gasteiger partial charge in [0.1, 0.15) is 0 Å². The van der Waals surface area contributed by atoms with Gasteiger partial charge in [0.05, 0.1) is 0 Å². The molecule has 5 nitrogen and oxygen atoms in total. The first-order valence-corrected chi connectivity index (χ1v) is 7.06. The number of carbonyl (C=O) groups excluding carboxylic acids is 1. The van der Waals surface area contributed by atoms with E-state index in [2.05, 4.69) is 17.3 Å². The van der Waals surface area contributed by atoms with Crippen molar-refractivity contribution in [3.05, 3.63) is 41.5 Å². The van der Waals surface area contributed by atoms with E-state index < -0.39 is 5.97 Å². The van der Waals surface area contributed by atoms with Crippen LogP contribution in [0.15, 0.2) is 30.3 Å². The van der Waals surface area contributed by atoms with Crippen molar-refractivity contribution >= 4 is 18.0 Å². The van der Waals surface area contributed by atoms with Gasteiger partial charge in [-0.15, -0.1) is 0 Å². The lowest BCUT2D eigenvalue weighted by atomic mass is 10.1. The Morgan fingerprint density at radius 3 is 2.95 bits per heavy atom. The summed E-state index contributed by atoms with van der Waals surface area (Å²) < 4.78 is 0. The number of hydrogen-bond acceptors (Lipinski definition) is 3. The average Bonchev–Trinajstić information content (AvgIpc) is 2.88. The maximum atomic E-state index is 12.1. The molecular weight excluding hydrogens is 268 g/mol. The molecule has 1 fully saturated rings. The second kappa shape index (κ2) is 7.04. The molecule has 1 heterocycles. The van der Waals surface area contributed by atoms with Crippen molar-refractivity contribution < 1.29 is 14.7 Å². The average molecular weight is 288 g/mol. The molecule has 0 saturated carbocycles. The third-order valence-electron chi connectivity index (χ3n) is 3.74. The van der Waals surface area contributed by atoms with Crippen LogP contribution in [0.1, 0.15) is 28.8 Å². The summed E-state index contributed by atoms with van der Waals surface area (Å²) in [5.41, 5.74) is 1.24. The van der Waals surface area contributed by atoms with Crippen LogP contribution < -0.4 is 5.32 Å². The highest BCUT2D eigenvalue weighted by atomic mass is 16.4. The van der Waals surface area contributed by atoms with Gasteiger partial charge in [-0.25, -0.2) is 4.79 Å². The molecule has 1 atom stereocenters. The number of carboxylic acids is 1. The standard InChI is InChI=1S/C16H20N2O3/c1-18-9-3-6-14(18)11-17-16(21)13-5-2-4-12(10-13)7-8-15(19)20/h2,4-5,7-8,10,14H,3,6,9,11H2,1H3,(H,17,21)(H,19,20)/b8-7+. The second-order valence-electron chi connectivity index (χ2n) is 5.28. The fourth-order valence-corrected chi connectivity index (χ4v) is 2.50. The van der Waals surface area contributed by atoms with Gasteiger partial charge in [0.25, 0.3) is 5.91 Å². The first kappa shape index (κ1) is 15.3. The van der Waals surface area contributed by atoms with Crippen LogP contribution in [-0.4, -0.2) is 48.1 Å². The van der Waals surface area contributed by atoms with E-state index in [1.807, 2.05) is 0 Å². The number of carboxylic acid groups (broad SMARTS) is 1. The van der Waals surface area contributed by atoms with Gasteiger partial charge in [0.2, 0.25) is 0 Å². The van der Waals surface area contributed by atoms with E-state index >= 15 is 0 Å². The van der Waals surface area contributed by atoms with Crippen LogP contribution in [0, 0.1) is 0 Å². The van der Waals surface area contributed by atoms with Crippen molar-refractivity contribution in [2.75, 3.05) is 20.1 Å². The van der Waals surface area contributed by atoms with Gasteiger partial charge in [-0.3, -0.25) is 4.79 Å². The molecule has 5 heteroatoms. The number of likely N-dealkylation sites (tertiary alicyclic amines) is 1. The van der Waals surface area contributed by atoms with Gasteiger partial charge in [-0.05, 0) is 50.2 Å². The smallest absolute Gasteiger partial charge is 0.328 e. The van der Waals surface area contributed by atoms with Gasteiger partial charge >= 0.3 is 5.97 Å². The number of nitrogens with zero attached hydrogens (tertiary/aromatic N) is 1. The maximum Gasteiger partial charge on any atom is 0.328 e. The van der Waals surface area contributed by atoms with E-state index in [-0.39, 0.29) is 5.91 Å². The quantitative estimate of drug-likeness (QED) is 0.808. The summed E-state index contributed by atoms with van der Waals surface area (Å²) in [6.45, 7) is 1.72. The molecular formula is C16H20N2O3. The van der Waals surface area contributed by atoms with Crippen molar-refractivity contribution in [2.45, 2.75) is 18.9 Å². The lowest BCUT2D eigenvalue weighted by Gasteiger charge is -2.19. The van der Waals surface area contributed by atoms with Crippen LogP contribution in [0.5, 0.6) is 0 Å². The number of rotatable bonds is 5. The minimum atomic E-state index is -1.01. The maximum absolute atomic E-state index is 12.1. The molecule has 1 unspecified atom stereocenters. The highest BCUT2D eigenvalue weighted by Crippen LogP contribution is 2.14. The molecule has 0 spiro atoms. The lowest BCUT2D eigenvalue weighted by molar-refractivity contribution is -0.131. The summed E-state index contributed by atoms with van der Waals surface area (Å²) in [5.74, 6) is -1.13. The molecule has 1 aliphatic heterocycles. The van der Waals surface area contributed by atoms with Crippen molar-refractivity contribution in [3.8, 4) is 0 Å². The summed E-state index contributed by atoms with van der Waals surface area (Å²) in [5, 5.41) is 11.6. The largest absolute Gasteiger partial charge is 0.478 e. The first-order valence-electron chi connectivity index (χ1n) is 7.06. The van der Waals surface area contributed by atoms with E-state index in [0.717, 1.165) is 19.0 Å². The van der Waals surface area contributed by atoms with Gasteiger partial charge in [0.15, 0.2) is 0 Å². The Hall–Kier alpha value is -2.14. The number of likely N-dealkylation sites (N-methyl/N-ethyl adjacent to an activating group) is 1. The Morgan fingerprint density at radius 1 is 1.48 bits per heavy atom. The Morgan fingerprint density at radius 2 is 2.29 bits per heavy atom. The van der Waals surface area contributed by atoms with Gasteiger partial charge in [0, 0.05) is 24.2 Å². The highest BCUT2D eigenvalue weighted by molar-refractivity contribution is 5.95. The van der Waals surface area contributed by atoms with Gasteiger partial charge in [-0.1, -0.05) is 12.1 Å². The fraction of sp³-hybridized carbons (Fsp3) is 0.375. The summed E-state index contributed by atoms with van der Waals surface area (Å²) in [7, 11) is 2.07. The topological polar surface area (TPSA) is 69.6 Å². The summed E-state index contributed by atoms with van der Waals surface area (Å²) in [6, 6.07) is 7.34. The lowest BCUT2D eigenvalue weighted by Crippen LogP contribution is -2.38. The number of amides is 1. The molecule has 1 aliphatic rings. The Labute approximate surface area is 124 Å². The van der Waals surface area contributed by atoms with Crippen LogP contribution >= 0.6 is 0 Å². The molecule has 2 N–H and O–H groups in total. The molecule has 1 saturated heterocycles. The zero-order valence-electron chi connectivity index (χ0n) is 12.1. The summed E-state index contributed by atoms with van der Waals surface area (Å²) >= 11 is 0. The highest BCUT2D eigenvalue weighted by Gasteiger charge is 2.21. The molecule has 0 bridgehead atoms. The predicted molar refractivity (Wildman–Crippen MR) is 81.1 cm³/mol. The van der Waals surface area contributed by atoms with Gasteiger partial charge in [-0.2, -0.15) is 0 Å². The number of hydrogen-bond donors (Lipinski definition) is 2. The normalized spacial score (nSPS) is 19.0. The molecule has 0 aliphatic carbocycles. The van der Waals surface area contributed by atoms with Gasteiger partial charge < -0.3 is 15.3 Å². The number of nitrogens with one attached hydrogen (secondary N) is 1. The van der Waals surface area contributed by atoms with Crippen LogP contribution in [0.25, 0.3) is 6.08 Å². The van der Waals surface area contributed by atoms with E-state index in [0.29, 0.717) is 23.7 Å². The Bertz CT molecular complexity index is 554. The Balaban J connectivity index is 1.95. The Kier molecular flexibility index (Phi) is 5.11. The van der Waals surface area contributed by atoms with Crippen molar-refractivity contribution in [1.82, 2.24) is 10.2 Å². The number of aliphatic carboxylic acids is 1. The van der Waals surface area contributed by atoms with E-state index in [1.54, 1.807) is 24.3 Å². The van der Waals surface area contributed by atoms with Crippen LogP contribution in [0.3, 0.4) is 0 Å². The van der Waals surface area contributed by atoms with E-state index in [4.69, 9.17) is 5.11 Å². The molecule has 21 heavy (non-hydrogen) atoms. The number of carbonyl (C=O) groups is 2. The molecule has 2 rings (SSSR count). The van der Waals surface area contributed by atoms with E-state index in [9.17, 15) is 9.59 Å². The third-order valence-corrected chi connectivity index (χ3v) is 3.74. The predicted octanol–water partition coefficient (Wildman–Crippen LogP) is 1.61. The SMILES string of the molecule is CN1CCCC1CNC(=O)c1cccc(/C=C/C(=O)O)c1. The molecule has 0 aromatic heterocycles. The van der Waals surface area contributed by atoms with Crippen LogP contribution in [0.4, 0.5) is 0 Å². The second-order valence-corrected chi connectivity index (χ2v) is 5.28. The summed E-state index contributed by atoms with van der Waals surface area (Å²) in [6.07, 6.45) is 4.82. The monoisotopic (exact) mass is 288 g/mol. The fourth-order valence-electron chi connectivity index (χ4n) is 2.50. The van der Waals surface area contributed by atoms with Crippen molar-refractivity contribution in [2.24, 2.45) is 0 Å². The van der Waals surface area contributed by atoms with Crippen LogP contribution in [0.2, 0.25) is 0 Å². The van der Waals surface area contributed by atoms with Crippen molar-refractivity contribution in [3.63, 3.8) is 0 Å². The van der Waals surface area contributed by atoms with Crippen molar-refractivity contribution in [1.29, 1.82) is 0 Å². The third kappa shape index (κ3) is 4.43. The molecule has 112 valence electrons. The first-order chi connectivity index (χ1) is 10.1. The molecule has 1 amide bonds. The number of benzene rings is 1. The van der Waals surface area contributed by atoms with E-state index in [1.165, 1.54) is 12.5 Å². The minimum absolute atomic E-state index is 0.124. The zero-order valence-corrected chi connectivity index (χ0v) is 12.1. The molecule has 0 radical (unpaired) electrons. The zero-order chi connectivity index (χ0) is 15.2. The minimum Gasteiger partial charge on any atom is -0.478 e. The summed E-state index contributed by atoms with van der Waals surface area (Å²) in [4.78, 5) is 24.9. The van der Waals surface area contributed by atoms with Crippen LogP contribution in [-0.2, 0) is 4.79 Å². The molecule has 1 aromatic rings. The molecule has 1 aromatic carbocycles.